The molecule has 0 unspecified atom stereocenters. The highest BCUT2D eigenvalue weighted by Crippen LogP contribution is 2.26. The molecular weight excluding hydrogens is 362 g/mol. The van der Waals surface area contributed by atoms with Gasteiger partial charge in [0.05, 0.1) is 25.5 Å². The summed E-state index contributed by atoms with van der Waals surface area (Å²) in [5.41, 5.74) is 2.62. The minimum absolute atomic E-state index is 0.00192. The lowest BCUT2D eigenvalue weighted by atomic mass is 10.1. The number of halogens is 1. The van der Waals surface area contributed by atoms with Gasteiger partial charge in [0.25, 0.3) is 0 Å². The predicted octanol–water partition coefficient (Wildman–Crippen LogP) is 5.45. The summed E-state index contributed by atoms with van der Waals surface area (Å²) in [5.74, 6) is 0.748. The largest absolute Gasteiger partial charge is 0.467 e. The summed E-state index contributed by atoms with van der Waals surface area (Å²) in [6, 6.07) is 19.0. The van der Waals surface area contributed by atoms with Crippen LogP contribution in [0.15, 0.2) is 82.0 Å². The number of carbonyl (C=O) groups is 1. The first-order chi connectivity index (χ1) is 13.2. The van der Waals surface area contributed by atoms with Crippen LogP contribution in [0.5, 0.6) is 0 Å². The van der Waals surface area contributed by atoms with Gasteiger partial charge in [0.1, 0.15) is 11.3 Å². The molecule has 0 aliphatic carbocycles. The number of furan rings is 2. The molecule has 0 bridgehead atoms. The Morgan fingerprint density at radius 2 is 1.81 bits per heavy atom. The maximum Gasteiger partial charge on any atom is 0.227 e. The van der Waals surface area contributed by atoms with Gasteiger partial charge in [0.2, 0.25) is 5.91 Å². The van der Waals surface area contributed by atoms with Crippen molar-refractivity contribution in [2.45, 2.75) is 19.5 Å². The Hall–Kier alpha value is -2.98. The number of hydrogen-bond donors (Lipinski definition) is 0. The first kappa shape index (κ1) is 17.4. The molecule has 2 aromatic heterocycles. The quantitative estimate of drug-likeness (QED) is 0.447. The van der Waals surface area contributed by atoms with E-state index >= 15 is 0 Å². The number of hydrogen-bond acceptors (Lipinski definition) is 3. The maximum atomic E-state index is 13.1. The molecule has 4 nitrogen and oxygen atoms in total. The molecule has 2 aromatic carbocycles. The van der Waals surface area contributed by atoms with Crippen molar-refractivity contribution in [1.29, 1.82) is 0 Å². The monoisotopic (exact) mass is 379 g/mol. The van der Waals surface area contributed by atoms with Crippen molar-refractivity contribution in [3.63, 3.8) is 0 Å². The molecule has 0 saturated carbocycles. The van der Waals surface area contributed by atoms with E-state index in [2.05, 4.69) is 0 Å². The minimum atomic E-state index is -0.00192. The van der Waals surface area contributed by atoms with Crippen molar-refractivity contribution >= 4 is 28.5 Å². The zero-order valence-electron chi connectivity index (χ0n) is 14.6. The smallest absolute Gasteiger partial charge is 0.227 e. The molecule has 1 amide bonds. The standard InChI is InChI=1S/C22H18ClNO3/c23-18-8-9-21-20(12-18)17(15-27-21)11-22(25)24(14-19-7-4-10-26-19)13-16-5-2-1-3-6-16/h1-10,12,15H,11,13-14H2. The van der Waals surface area contributed by atoms with Crippen LogP contribution in [0.1, 0.15) is 16.9 Å². The number of nitrogens with zero attached hydrogens (tertiary/aromatic N) is 1. The molecule has 0 fully saturated rings. The van der Waals surface area contributed by atoms with E-state index in [4.69, 9.17) is 20.4 Å². The molecule has 0 saturated heterocycles. The van der Waals surface area contributed by atoms with E-state index < -0.39 is 0 Å². The van der Waals surface area contributed by atoms with Gasteiger partial charge in [-0.3, -0.25) is 4.79 Å². The molecule has 4 rings (SSSR count). The van der Waals surface area contributed by atoms with E-state index in [9.17, 15) is 4.79 Å². The number of benzene rings is 2. The fourth-order valence-corrected chi connectivity index (χ4v) is 3.26. The molecule has 0 spiro atoms. The first-order valence-corrected chi connectivity index (χ1v) is 9.06. The number of fused-ring (bicyclic) bond motifs is 1. The molecule has 0 radical (unpaired) electrons. The van der Waals surface area contributed by atoms with Crippen LogP contribution in [0.25, 0.3) is 11.0 Å². The Kier molecular flexibility index (Phi) is 4.99. The Bertz CT molecular complexity index is 1040. The number of carbonyl (C=O) groups excluding carboxylic acids is 1. The first-order valence-electron chi connectivity index (χ1n) is 8.69. The molecule has 136 valence electrons. The molecule has 27 heavy (non-hydrogen) atoms. The lowest BCUT2D eigenvalue weighted by Crippen LogP contribution is -2.31. The van der Waals surface area contributed by atoms with Gasteiger partial charge in [-0.25, -0.2) is 0 Å². The Morgan fingerprint density at radius 3 is 2.59 bits per heavy atom. The highest BCUT2D eigenvalue weighted by atomic mass is 35.5. The van der Waals surface area contributed by atoms with E-state index in [1.807, 2.05) is 54.6 Å². The fourth-order valence-electron chi connectivity index (χ4n) is 3.09. The minimum Gasteiger partial charge on any atom is -0.467 e. The Labute approximate surface area is 162 Å². The SMILES string of the molecule is O=C(Cc1coc2ccc(Cl)cc12)N(Cc1ccccc1)Cc1ccco1. The van der Waals surface area contributed by atoms with Crippen LogP contribution in [0.4, 0.5) is 0 Å². The predicted molar refractivity (Wildman–Crippen MR) is 104 cm³/mol. The third kappa shape index (κ3) is 4.07. The highest BCUT2D eigenvalue weighted by Gasteiger charge is 2.19. The fraction of sp³-hybridized carbons (Fsp3) is 0.136. The number of amides is 1. The highest BCUT2D eigenvalue weighted by molar-refractivity contribution is 6.31. The lowest BCUT2D eigenvalue weighted by Gasteiger charge is -2.22. The van der Waals surface area contributed by atoms with Gasteiger partial charge in [-0.05, 0) is 35.9 Å². The van der Waals surface area contributed by atoms with Crippen LogP contribution < -0.4 is 0 Å². The summed E-state index contributed by atoms with van der Waals surface area (Å²) in [4.78, 5) is 14.9. The molecule has 2 heterocycles. The second-order valence-electron chi connectivity index (χ2n) is 6.39. The molecule has 4 aromatic rings. The molecule has 0 aliphatic rings. The molecule has 0 N–H and O–H groups in total. The summed E-state index contributed by atoms with van der Waals surface area (Å²) in [6.45, 7) is 0.925. The Morgan fingerprint density at radius 1 is 0.963 bits per heavy atom. The average molecular weight is 380 g/mol. The van der Waals surface area contributed by atoms with Crippen molar-refractivity contribution in [3.05, 3.63) is 95.1 Å². The van der Waals surface area contributed by atoms with Crippen LogP contribution in [0.2, 0.25) is 5.02 Å². The van der Waals surface area contributed by atoms with Gasteiger partial charge in [0.15, 0.2) is 0 Å². The average Bonchev–Trinajstić information content (AvgIpc) is 3.32. The molecule has 5 heteroatoms. The van der Waals surface area contributed by atoms with Gasteiger partial charge < -0.3 is 13.7 Å². The molecule has 0 aliphatic heterocycles. The lowest BCUT2D eigenvalue weighted by molar-refractivity contribution is -0.132. The van der Waals surface area contributed by atoms with Crippen LogP contribution in [0.3, 0.4) is 0 Å². The van der Waals surface area contributed by atoms with E-state index in [1.165, 1.54) is 0 Å². The van der Waals surface area contributed by atoms with Crippen molar-refractivity contribution in [1.82, 2.24) is 4.90 Å². The maximum absolute atomic E-state index is 13.1. The number of rotatable bonds is 6. The van der Waals surface area contributed by atoms with Crippen LogP contribution in [0, 0.1) is 0 Å². The van der Waals surface area contributed by atoms with Crippen molar-refractivity contribution in [3.8, 4) is 0 Å². The summed E-state index contributed by atoms with van der Waals surface area (Å²) in [5, 5.41) is 1.49. The summed E-state index contributed by atoms with van der Waals surface area (Å²) < 4.78 is 11.0. The van der Waals surface area contributed by atoms with Crippen molar-refractivity contribution in [2.75, 3.05) is 0 Å². The van der Waals surface area contributed by atoms with E-state index in [1.54, 1.807) is 23.5 Å². The topological polar surface area (TPSA) is 46.6 Å². The zero-order chi connectivity index (χ0) is 18.6. The molecular formula is C22H18ClNO3. The summed E-state index contributed by atoms with van der Waals surface area (Å²) in [7, 11) is 0. The third-order valence-corrected chi connectivity index (χ3v) is 4.69. The Balaban J connectivity index is 1.58. The van der Waals surface area contributed by atoms with Gasteiger partial charge >= 0.3 is 0 Å². The van der Waals surface area contributed by atoms with E-state index in [0.29, 0.717) is 18.1 Å². The van der Waals surface area contributed by atoms with Crippen LogP contribution >= 0.6 is 11.6 Å². The second-order valence-corrected chi connectivity index (χ2v) is 6.83. The van der Waals surface area contributed by atoms with Crippen LogP contribution in [-0.2, 0) is 24.3 Å². The van der Waals surface area contributed by atoms with Gasteiger partial charge in [-0.15, -0.1) is 0 Å². The zero-order valence-corrected chi connectivity index (χ0v) is 15.4. The summed E-state index contributed by atoms with van der Waals surface area (Å²) in [6.07, 6.45) is 3.49. The van der Waals surface area contributed by atoms with Crippen molar-refractivity contribution < 1.29 is 13.6 Å². The van der Waals surface area contributed by atoms with Crippen molar-refractivity contribution in [2.24, 2.45) is 0 Å². The third-order valence-electron chi connectivity index (χ3n) is 4.45. The van der Waals surface area contributed by atoms with Gasteiger partial charge in [-0.1, -0.05) is 41.9 Å². The summed E-state index contributed by atoms with van der Waals surface area (Å²) >= 11 is 6.10. The van der Waals surface area contributed by atoms with Crippen LogP contribution in [-0.4, -0.2) is 10.8 Å². The van der Waals surface area contributed by atoms with E-state index in [0.717, 1.165) is 27.9 Å². The van der Waals surface area contributed by atoms with E-state index in [-0.39, 0.29) is 12.3 Å². The van der Waals surface area contributed by atoms with Gasteiger partial charge in [0, 0.05) is 22.5 Å². The normalized spacial score (nSPS) is 11.0. The van der Waals surface area contributed by atoms with Gasteiger partial charge in [-0.2, -0.15) is 0 Å². The molecule has 0 atom stereocenters. The second kappa shape index (κ2) is 7.72.